The monoisotopic (exact) mass is 117 g/mol. The Hall–Kier alpha value is 0.430. The van der Waals surface area contributed by atoms with Crippen molar-refractivity contribution in [3.8, 4) is 0 Å². The summed E-state index contributed by atoms with van der Waals surface area (Å²) in [7, 11) is 2.63. The molecule has 0 bridgehead atoms. The highest BCUT2D eigenvalue weighted by molar-refractivity contribution is 7.17. The Kier molecular flexibility index (Phi) is 1.65. The fourth-order valence-electron chi connectivity index (χ4n) is 1.01. The van der Waals surface area contributed by atoms with Crippen LogP contribution in [0.5, 0.6) is 0 Å². The molecule has 0 N–H and O–H groups in total. The molecule has 1 heteroatoms. The van der Waals surface area contributed by atoms with Crippen LogP contribution in [-0.4, -0.2) is 5.64 Å². The second-order valence-corrected chi connectivity index (χ2v) is 3.04. The molecule has 1 fully saturated rings. The average Bonchev–Trinajstić information content (AvgIpc) is 1.65. The van der Waals surface area contributed by atoms with Crippen molar-refractivity contribution in [2.24, 2.45) is 0 Å². The van der Waals surface area contributed by atoms with Gasteiger partial charge in [-0.2, -0.15) is 0 Å². The second-order valence-electron chi connectivity index (χ2n) is 2.22. The largest absolute Gasteiger partial charge is 0.134 e. The lowest BCUT2D eigenvalue weighted by Crippen LogP contribution is -2.02. The highest BCUT2D eigenvalue weighted by atomic mass is 31.0. The normalized spacial score (nSPS) is 31.9. The van der Waals surface area contributed by atoms with E-state index < -0.39 is 0 Å². The SMILES string of the molecule is [2H]C1(P)CCCCC1. The maximum absolute atomic E-state index is 7.59. The summed E-state index contributed by atoms with van der Waals surface area (Å²) in [5.41, 5.74) is -0.155. The summed E-state index contributed by atoms with van der Waals surface area (Å²) < 4.78 is 7.59. The molecule has 1 aliphatic rings. The topological polar surface area (TPSA) is 0 Å². The van der Waals surface area contributed by atoms with E-state index in [2.05, 4.69) is 9.24 Å². The van der Waals surface area contributed by atoms with Gasteiger partial charge in [0.2, 0.25) is 0 Å². The minimum absolute atomic E-state index is 0.155. The zero-order valence-corrected chi connectivity index (χ0v) is 5.77. The smallest absolute Gasteiger partial charge is 0.0347 e. The van der Waals surface area contributed by atoms with Crippen molar-refractivity contribution >= 4 is 9.24 Å². The standard InChI is InChI=1S/C6H13P/c7-6-4-2-1-3-5-6/h6H,1-5,7H2/i6D. The molecule has 1 atom stereocenters. The summed E-state index contributed by atoms with van der Waals surface area (Å²) >= 11 is 0. The molecular weight excluding hydrogens is 103 g/mol. The molecule has 1 rings (SSSR count). The average molecular weight is 117 g/mol. The lowest BCUT2D eigenvalue weighted by atomic mass is 10.0. The molecule has 0 spiro atoms. The fourth-order valence-corrected chi connectivity index (χ4v) is 1.41. The lowest BCUT2D eigenvalue weighted by Gasteiger charge is -2.15. The van der Waals surface area contributed by atoms with Gasteiger partial charge in [0.25, 0.3) is 0 Å². The van der Waals surface area contributed by atoms with Crippen molar-refractivity contribution in [1.29, 1.82) is 0 Å². The molecule has 0 amide bonds. The van der Waals surface area contributed by atoms with E-state index in [-0.39, 0.29) is 5.64 Å². The van der Waals surface area contributed by atoms with Crippen LogP contribution in [0.1, 0.15) is 33.5 Å². The van der Waals surface area contributed by atoms with Crippen molar-refractivity contribution < 1.29 is 1.37 Å². The van der Waals surface area contributed by atoms with Gasteiger partial charge in [0.1, 0.15) is 0 Å². The summed E-state index contributed by atoms with van der Waals surface area (Å²) in [5, 5.41) is 0. The predicted octanol–water partition coefficient (Wildman–Crippen LogP) is 2.19. The van der Waals surface area contributed by atoms with Crippen LogP contribution in [0.15, 0.2) is 0 Å². The zero-order valence-electron chi connectivity index (χ0n) is 5.61. The number of hydrogen-bond acceptors (Lipinski definition) is 0. The first kappa shape index (κ1) is 4.32. The third-order valence-corrected chi connectivity index (χ3v) is 2.07. The van der Waals surface area contributed by atoms with Crippen LogP contribution in [-0.2, 0) is 0 Å². The predicted molar refractivity (Wildman–Crippen MR) is 36.6 cm³/mol. The highest BCUT2D eigenvalue weighted by Crippen LogP contribution is 2.23. The first-order valence-corrected chi connectivity index (χ1v) is 3.57. The summed E-state index contributed by atoms with van der Waals surface area (Å²) in [6.45, 7) is 0. The molecule has 0 aliphatic heterocycles. The van der Waals surface area contributed by atoms with Gasteiger partial charge >= 0.3 is 0 Å². The molecule has 0 aromatic heterocycles. The molecule has 1 unspecified atom stereocenters. The third-order valence-electron chi connectivity index (χ3n) is 1.50. The third kappa shape index (κ3) is 1.78. The van der Waals surface area contributed by atoms with E-state index in [1.807, 2.05) is 0 Å². The number of hydrogen-bond donors (Lipinski definition) is 0. The minimum atomic E-state index is -0.155. The van der Waals surface area contributed by atoms with Crippen molar-refractivity contribution in [3.05, 3.63) is 0 Å². The molecule has 0 heterocycles. The molecule has 42 valence electrons. The maximum atomic E-state index is 7.59. The lowest BCUT2D eigenvalue weighted by molar-refractivity contribution is 0.516. The molecule has 0 radical (unpaired) electrons. The van der Waals surface area contributed by atoms with Crippen LogP contribution in [0.25, 0.3) is 0 Å². The first-order chi connectivity index (χ1) is 3.71. The van der Waals surface area contributed by atoms with Crippen LogP contribution in [0, 0.1) is 0 Å². The van der Waals surface area contributed by atoms with Crippen molar-refractivity contribution in [2.75, 3.05) is 0 Å². The molecule has 0 saturated heterocycles. The Morgan fingerprint density at radius 3 is 2.14 bits per heavy atom. The second kappa shape index (κ2) is 2.67. The summed E-state index contributed by atoms with van der Waals surface area (Å²) in [6, 6.07) is 0. The van der Waals surface area contributed by atoms with Gasteiger partial charge < -0.3 is 0 Å². The molecular formula is C6H13P. The molecule has 0 nitrogen and oxygen atoms in total. The van der Waals surface area contributed by atoms with E-state index in [1.165, 1.54) is 19.3 Å². The number of rotatable bonds is 0. The van der Waals surface area contributed by atoms with E-state index in [4.69, 9.17) is 1.37 Å². The van der Waals surface area contributed by atoms with Crippen LogP contribution in [0.4, 0.5) is 0 Å². The van der Waals surface area contributed by atoms with Gasteiger partial charge in [0, 0.05) is 1.37 Å². The minimum Gasteiger partial charge on any atom is -0.134 e. The quantitative estimate of drug-likeness (QED) is 0.427. The van der Waals surface area contributed by atoms with E-state index >= 15 is 0 Å². The highest BCUT2D eigenvalue weighted by Gasteiger charge is 2.06. The van der Waals surface area contributed by atoms with Crippen LogP contribution in [0.3, 0.4) is 0 Å². The van der Waals surface area contributed by atoms with Gasteiger partial charge in [-0.3, -0.25) is 0 Å². The van der Waals surface area contributed by atoms with Crippen LogP contribution in [0.2, 0.25) is 0 Å². The van der Waals surface area contributed by atoms with Gasteiger partial charge in [0.05, 0.1) is 0 Å². The Balaban J connectivity index is 2.33. The Morgan fingerprint density at radius 2 is 1.86 bits per heavy atom. The molecule has 7 heavy (non-hydrogen) atoms. The van der Waals surface area contributed by atoms with Crippen molar-refractivity contribution in [3.63, 3.8) is 0 Å². The van der Waals surface area contributed by atoms with E-state index in [0.29, 0.717) is 0 Å². The molecule has 1 saturated carbocycles. The van der Waals surface area contributed by atoms with Crippen LogP contribution < -0.4 is 0 Å². The van der Waals surface area contributed by atoms with Gasteiger partial charge in [-0.15, -0.1) is 9.24 Å². The summed E-state index contributed by atoms with van der Waals surface area (Å²) in [5.74, 6) is 0. The van der Waals surface area contributed by atoms with Gasteiger partial charge in [-0.05, 0) is 18.5 Å². The van der Waals surface area contributed by atoms with Gasteiger partial charge in [0.15, 0.2) is 0 Å². The van der Waals surface area contributed by atoms with Crippen LogP contribution >= 0.6 is 9.24 Å². The molecule has 0 aromatic carbocycles. The van der Waals surface area contributed by atoms with E-state index in [1.54, 1.807) is 0 Å². The summed E-state index contributed by atoms with van der Waals surface area (Å²) in [6.07, 6.45) is 6.02. The zero-order chi connectivity index (χ0) is 6.04. The molecule has 0 aromatic rings. The first-order valence-electron chi connectivity index (χ1n) is 3.50. The Bertz CT molecular complexity index is 72.6. The molecule has 1 aliphatic carbocycles. The van der Waals surface area contributed by atoms with Gasteiger partial charge in [-0.1, -0.05) is 19.3 Å². The van der Waals surface area contributed by atoms with Crippen molar-refractivity contribution in [1.82, 2.24) is 0 Å². The Labute approximate surface area is 49.3 Å². The van der Waals surface area contributed by atoms with Gasteiger partial charge in [-0.25, -0.2) is 0 Å². The van der Waals surface area contributed by atoms with E-state index in [9.17, 15) is 0 Å². The fraction of sp³-hybridized carbons (Fsp3) is 1.00. The summed E-state index contributed by atoms with van der Waals surface area (Å²) in [4.78, 5) is 0. The van der Waals surface area contributed by atoms with Crippen molar-refractivity contribution in [2.45, 2.75) is 37.7 Å². The Morgan fingerprint density at radius 1 is 1.29 bits per heavy atom. The maximum Gasteiger partial charge on any atom is 0.0347 e. The van der Waals surface area contributed by atoms with E-state index in [0.717, 1.165) is 12.8 Å².